The van der Waals surface area contributed by atoms with Crippen LogP contribution >= 0.6 is 0 Å². The van der Waals surface area contributed by atoms with Gasteiger partial charge < -0.3 is 10.0 Å². The second kappa shape index (κ2) is 6.36. The number of nitrogens with zero attached hydrogens (tertiary/aromatic N) is 1. The standard InChI is InChI=1S/C11H16N2O4S/c1-18(16,17)12-7-8-13(9-11(14)15)10-5-3-2-4-6-10/h2-6,12H,7-9H2,1H3,(H,14,15). The van der Waals surface area contributed by atoms with Gasteiger partial charge in [-0.05, 0) is 12.1 Å². The van der Waals surface area contributed by atoms with E-state index in [2.05, 4.69) is 4.72 Å². The molecule has 0 saturated heterocycles. The zero-order chi connectivity index (χ0) is 13.6. The number of carboxylic acids is 1. The molecule has 0 aliphatic carbocycles. The van der Waals surface area contributed by atoms with Crippen LogP contribution in [0.15, 0.2) is 30.3 Å². The molecule has 0 spiro atoms. The number of nitrogens with one attached hydrogen (secondary N) is 1. The fourth-order valence-electron chi connectivity index (χ4n) is 1.47. The lowest BCUT2D eigenvalue weighted by Gasteiger charge is -2.22. The van der Waals surface area contributed by atoms with Crippen molar-refractivity contribution in [3.05, 3.63) is 30.3 Å². The predicted octanol–water partition coefficient (Wildman–Crippen LogP) is 0.127. The number of para-hydroxylation sites is 1. The number of carbonyl (C=O) groups is 1. The first kappa shape index (κ1) is 14.5. The summed E-state index contributed by atoms with van der Waals surface area (Å²) in [5.74, 6) is -0.960. The minimum absolute atomic E-state index is 0.168. The maximum atomic E-state index is 10.9. The van der Waals surface area contributed by atoms with Crippen LogP contribution < -0.4 is 9.62 Å². The van der Waals surface area contributed by atoms with Crippen LogP contribution in [0.25, 0.3) is 0 Å². The molecule has 0 bridgehead atoms. The van der Waals surface area contributed by atoms with Crippen molar-refractivity contribution in [3.8, 4) is 0 Å². The van der Waals surface area contributed by atoms with Crippen LogP contribution in [0.4, 0.5) is 5.69 Å². The molecule has 100 valence electrons. The molecule has 7 heteroatoms. The molecule has 0 aliphatic rings. The second-order valence-electron chi connectivity index (χ2n) is 3.82. The van der Waals surface area contributed by atoms with Crippen LogP contribution in [0.2, 0.25) is 0 Å². The lowest BCUT2D eigenvalue weighted by molar-refractivity contribution is -0.135. The lowest BCUT2D eigenvalue weighted by atomic mass is 10.3. The molecule has 0 saturated carbocycles. The van der Waals surface area contributed by atoms with E-state index < -0.39 is 16.0 Å². The molecule has 0 fully saturated rings. The normalized spacial score (nSPS) is 11.2. The first-order chi connectivity index (χ1) is 8.38. The first-order valence-corrected chi connectivity index (χ1v) is 7.24. The average molecular weight is 272 g/mol. The fraction of sp³-hybridized carbons (Fsp3) is 0.364. The number of hydrogen-bond acceptors (Lipinski definition) is 4. The highest BCUT2D eigenvalue weighted by Crippen LogP contribution is 2.12. The van der Waals surface area contributed by atoms with Crippen LogP contribution in [0, 0.1) is 0 Å². The van der Waals surface area contributed by atoms with E-state index in [9.17, 15) is 13.2 Å². The number of aliphatic carboxylic acids is 1. The van der Waals surface area contributed by atoms with E-state index in [1.807, 2.05) is 6.07 Å². The Balaban J connectivity index is 2.65. The topological polar surface area (TPSA) is 86.7 Å². The molecular weight excluding hydrogens is 256 g/mol. The van der Waals surface area contributed by atoms with Crippen LogP contribution in [-0.2, 0) is 14.8 Å². The quantitative estimate of drug-likeness (QED) is 0.736. The fourth-order valence-corrected chi connectivity index (χ4v) is 1.93. The summed E-state index contributed by atoms with van der Waals surface area (Å²) in [7, 11) is -3.25. The van der Waals surface area contributed by atoms with E-state index in [-0.39, 0.29) is 13.1 Å². The van der Waals surface area contributed by atoms with Crippen LogP contribution in [-0.4, -0.2) is 45.4 Å². The summed E-state index contributed by atoms with van der Waals surface area (Å²) >= 11 is 0. The Labute approximate surface area is 106 Å². The van der Waals surface area contributed by atoms with Gasteiger partial charge in [-0.25, -0.2) is 13.1 Å². The number of benzene rings is 1. The van der Waals surface area contributed by atoms with Crippen LogP contribution in [0.1, 0.15) is 0 Å². The van der Waals surface area contributed by atoms with Crippen LogP contribution in [0.3, 0.4) is 0 Å². The summed E-state index contributed by atoms with van der Waals surface area (Å²) in [4.78, 5) is 12.4. The smallest absolute Gasteiger partial charge is 0.323 e. The summed E-state index contributed by atoms with van der Waals surface area (Å²) in [5, 5.41) is 8.82. The first-order valence-electron chi connectivity index (χ1n) is 5.35. The van der Waals surface area contributed by atoms with Crippen molar-refractivity contribution < 1.29 is 18.3 Å². The van der Waals surface area contributed by atoms with E-state index in [1.54, 1.807) is 29.2 Å². The summed E-state index contributed by atoms with van der Waals surface area (Å²) in [6.07, 6.45) is 1.07. The molecule has 1 aromatic carbocycles. The molecule has 1 rings (SSSR count). The minimum atomic E-state index is -3.25. The van der Waals surface area contributed by atoms with Gasteiger partial charge in [0.2, 0.25) is 10.0 Å². The van der Waals surface area contributed by atoms with Gasteiger partial charge in [0.05, 0.1) is 6.26 Å². The van der Waals surface area contributed by atoms with Crippen molar-refractivity contribution in [3.63, 3.8) is 0 Å². The summed E-state index contributed by atoms with van der Waals surface area (Å²) in [5.41, 5.74) is 0.746. The number of anilines is 1. The van der Waals surface area contributed by atoms with Crippen molar-refractivity contribution in [1.82, 2.24) is 4.72 Å². The van der Waals surface area contributed by atoms with Gasteiger partial charge in [-0.2, -0.15) is 0 Å². The molecule has 2 N–H and O–H groups in total. The van der Waals surface area contributed by atoms with Crippen molar-refractivity contribution in [2.24, 2.45) is 0 Å². The number of rotatable bonds is 7. The maximum Gasteiger partial charge on any atom is 0.323 e. The number of carboxylic acid groups (broad SMARTS) is 1. The third-order valence-corrected chi connectivity index (χ3v) is 2.92. The number of hydrogen-bond donors (Lipinski definition) is 2. The van der Waals surface area contributed by atoms with Gasteiger partial charge in [0.25, 0.3) is 0 Å². The van der Waals surface area contributed by atoms with E-state index in [0.717, 1.165) is 11.9 Å². The Kier molecular flexibility index (Phi) is 5.11. The molecule has 0 unspecified atom stereocenters. The highest BCUT2D eigenvalue weighted by molar-refractivity contribution is 7.88. The highest BCUT2D eigenvalue weighted by atomic mass is 32.2. The summed E-state index contributed by atoms with van der Waals surface area (Å²) in [6, 6.07) is 8.99. The predicted molar refractivity (Wildman–Crippen MR) is 69.1 cm³/mol. The van der Waals surface area contributed by atoms with Gasteiger partial charge in [-0.1, -0.05) is 18.2 Å². The van der Waals surface area contributed by atoms with Crippen molar-refractivity contribution in [2.45, 2.75) is 0 Å². The molecule has 0 aromatic heterocycles. The van der Waals surface area contributed by atoms with E-state index in [0.29, 0.717) is 6.54 Å². The van der Waals surface area contributed by atoms with Gasteiger partial charge in [0, 0.05) is 18.8 Å². The molecule has 0 radical (unpaired) electrons. The zero-order valence-corrected chi connectivity index (χ0v) is 10.9. The third kappa shape index (κ3) is 5.65. The Bertz CT molecular complexity index is 487. The largest absolute Gasteiger partial charge is 0.480 e. The van der Waals surface area contributed by atoms with Gasteiger partial charge in [-0.15, -0.1) is 0 Å². The van der Waals surface area contributed by atoms with Crippen molar-refractivity contribution in [2.75, 3.05) is 30.8 Å². The molecule has 1 aromatic rings. The third-order valence-electron chi connectivity index (χ3n) is 2.19. The second-order valence-corrected chi connectivity index (χ2v) is 5.65. The zero-order valence-electron chi connectivity index (χ0n) is 10.0. The van der Waals surface area contributed by atoms with Gasteiger partial charge in [-0.3, -0.25) is 4.79 Å². The Morgan fingerprint density at radius 3 is 2.44 bits per heavy atom. The number of sulfonamides is 1. The van der Waals surface area contributed by atoms with Gasteiger partial charge >= 0.3 is 5.97 Å². The molecule has 18 heavy (non-hydrogen) atoms. The van der Waals surface area contributed by atoms with Crippen molar-refractivity contribution in [1.29, 1.82) is 0 Å². The Morgan fingerprint density at radius 1 is 1.33 bits per heavy atom. The lowest BCUT2D eigenvalue weighted by Crippen LogP contribution is -2.37. The van der Waals surface area contributed by atoms with E-state index in [1.165, 1.54) is 0 Å². The summed E-state index contributed by atoms with van der Waals surface area (Å²) in [6.45, 7) is 0.292. The van der Waals surface area contributed by atoms with Gasteiger partial charge in [0.1, 0.15) is 6.54 Å². The maximum absolute atomic E-state index is 10.9. The molecule has 0 amide bonds. The minimum Gasteiger partial charge on any atom is -0.480 e. The van der Waals surface area contributed by atoms with E-state index >= 15 is 0 Å². The monoisotopic (exact) mass is 272 g/mol. The molecule has 6 nitrogen and oxygen atoms in total. The average Bonchev–Trinajstić information content (AvgIpc) is 2.27. The molecule has 0 heterocycles. The SMILES string of the molecule is CS(=O)(=O)NCCN(CC(=O)O)c1ccccc1. The van der Waals surface area contributed by atoms with E-state index in [4.69, 9.17) is 5.11 Å². The Hall–Kier alpha value is -1.60. The van der Waals surface area contributed by atoms with Crippen molar-refractivity contribution >= 4 is 21.7 Å². The summed E-state index contributed by atoms with van der Waals surface area (Å²) < 4.78 is 24.2. The molecule has 0 aliphatic heterocycles. The molecule has 0 atom stereocenters. The molecular formula is C11H16N2O4S. The van der Waals surface area contributed by atoms with Gasteiger partial charge in [0.15, 0.2) is 0 Å². The highest BCUT2D eigenvalue weighted by Gasteiger charge is 2.11. The Morgan fingerprint density at radius 2 is 1.94 bits per heavy atom. The van der Waals surface area contributed by atoms with Crippen LogP contribution in [0.5, 0.6) is 0 Å².